The molecule has 1 unspecified atom stereocenters. The highest BCUT2D eigenvalue weighted by Gasteiger charge is 2.16. The van der Waals surface area contributed by atoms with Gasteiger partial charge in [0, 0.05) is 28.8 Å². The molecule has 3 aromatic rings. The second kappa shape index (κ2) is 10.1. The number of hydrogen-bond acceptors (Lipinski definition) is 5. The van der Waals surface area contributed by atoms with E-state index in [2.05, 4.69) is 43.1 Å². The molecule has 0 aliphatic rings. The summed E-state index contributed by atoms with van der Waals surface area (Å²) in [5.41, 5.74) is 4.43. The SMILES string of the molecule is C=C/C=C(\C=CC)c1nc(NCC(C)Cc2ccccc2)c2scc(C(C)=N)c2n1. The predicted molar refractivity (Wildman–Crippen MR) is 131 cm³/mol. The van der Waals surface area contributed by atoms with Crippen LogP contribution in [0.2, 0.25) is 0 Å². The Labute approximate surface area is 182 Å². The van der Waals surface area contributed by atoms with Gasteiger partial charge in [0.1, 0.15) is 5.82 Å². The zero-order valence-electron chi connectivity index (χ0n) is 17.8. The van der Waals surface area contributed by atoms with E-state index < -0.39 is 0 Å². The summed E-state index contributed by atoms with van der Waals surface area (Å²) in [6, 6.07) is 10.5. The lowest BCUT2D eigenvalue weighted by Crippen LogP contribution is -2.15. The first-order valence-electron chi connectivity index (χ1n) is 10.1. The van der Waals surface area contributed by atoms with Crippen LogP contribution in [0.5, 0.6) is 0 Å². The second-order valence-corrected chi connectivity index (χ2v) is 8.26. The van der Waals surface area contributed by atoms with E-state index in [0.717, 1.165) is 40.1 Å². The fraction of sp³-hybridized carbons (Fsp3) is 0.240. The molecule has 0 fully saturated rings. The van der Waals surface area contributed by atoms with E-state index >= 15 is 0 Å². The van der Waals surface area contributed by atoms with Gasteiger partial charge in [-0.1, -0.05) is 68.1 Å². The number of nitrogens with zero attached hydrogens (tertiary/aromatic N) is 2. The van der Waals surface area contributed by atoms with Gasteiger partial charge in [-0.2, -0.15) is 0 Å². The molecule has 0 saturated heterocycles. The van der Waals surface area contributed by atoms with E-state index in [9.17, 15) is 0 Å². The van der Waals surface area contributed by atoms with Crippen LogP contribution < -0.4 is 5.32 Å². The number of benzene rings is 1. The molecule has 2 aromatic heterocycles. The van der Waals surface area contributed by atoms with Crippen molar-refractivity contribution in [1.82, 2.24) is 9.97 Å². The standard InChI is InChI=1S/C25H28N4S/c1-5-10-20(11-6-2)24-28-22-21(18(4)26)16-30-23(22)25(29-24)27-15-17(3)14-19-12-8-7-9-13-19/h5-13,16-17,26H,1,14-15H2,2-4H3,(H,27,28,29)/b11-6?,20-10+,26-18?. The molecular formula is C25H28N4S. The van der Waals surface area contributed by atoms with Crippen LogP contribution in [-0.2, 0) is 6.42 Å². The molecule has 0 aliphatic carbocycles. The van der Waals surface area contributed by atoms with Crippen molar-refractivity contribution >= 4 is 38.7 Å². The first-order valence-corrected chi connectivity index (χ1v) is 11.0. The topological polar surface area (TPSA) is 61.7 Å². The van der Waals surface area contributed by atoms with Crippen molar-refractivity contribution in [2.75, 3.05) is 11.9 Å². The molecule has 0 spiro atoms. The lowest BCUT2D eigenvalue weighted by molar-refractivity contribution is 0.611. The van der Waals surface area contributed by atoms with E-state index in [4.69, 9.17) is 15.4 Å². The molecule has 154 valence electrons. The first kappa shape index (κ1) is 21.7. The number of allylic oxidation sites excluding steroid dienone is 5. The van der Waals surface area contributed by atoms with E-state index in [-0.39, 0.29) is 0 Å². The lowest BCUT2D eigenvalue weighted by atomic mass is 10.0. The molecule has 30 heavy (non-hydrogen) atoms. The minimum absolute atomic E-state index is 0.448. The summed E-state index contributed by atoms with van der Waals surface area (Å²) in [5.74, 6) is 1.91. The Morgan fingerprint density at radius 1 is 1.27 bits per heavy atom. The van der Waals surface area contributed by atoms with Crippen LogP contribution in [0.15, 0.2) is 66.6 Å². The largest absolute Gasteiger partial charge is 0.368 e. The summed E-state index contributed by atoms with van der Waals surface area (Å²) in [7, 11) is 0. The van der Waals surface area contributed by atoms with Crippen molar-refractivity contribution in [3.63, 3.8) is 0 Å². The Balaban J connectivity index is 1.94. The molecule has 4 nitrogen and oxygen atoms in total. The highest BCUT2D eigenvalue weighted by molar-refractivity contribution is 7.18. The minimum atomic E-state index is 0.448. The average Bonchev–Trinajstić information content (AvgIpc) is 3.17. The molecule has 2 heterocycles. The Morgan fingerprint density at radius 2 is 2.03 bits per heavy atom. The van der Waals surface area contributed by atoms with Crippen LogP contribution in [0.25, 0.3) is 15.8 Å². The lowest BCUT2D eigenvalue weighted by Gasteiger charge is -2.15. The summed E-state index contributed by atoms with van der Waals surface area (Å²) < 4.78 is 0.991. The van der Waals surface area contributed by atoms with Crippen molar-refractivity contribution in [3.8, 4) is 0 Å². The highest BCUT2D eigenvalue weighted by Crippen LogP contribution is 2.32. The molecule has 0 saturated carbocycles. The number of anilines is 1. The summed E-state index contributed by atoms with van der Waals surface area (Å²) in [4.78, 5) is 9.64. The maximum Gasteiger partial charge on any atom is 0.162 e. The Hall–Kier alpha value is -3.05. The monoisotopic (exact) mass is 416 g/mol. The van der Waals surface area contributed by atoms with Crippen molar-refractivity contribution in [2.24, 2.45) is 5.92 Å². The van der Waals surface area contributed by atoms with Gasteiger partial charge in [0.15, 0.2) is 5.82 Å². The molecular weight excluding hydrogens is 388 g/mol. The maximum atomic E-state index is 8.12. The summed E-state index contributed by atoms with van der Waals surface area (Å²) in [6.07, 6.45) is 8.60. The smallest absolute Gasteiger partial charge is 0.162 e. The van der Waals surface area contributed by atoms with Crippen LogP contribution in [0, 0.1) is 11.3 Å². The van der Waals surface area contributed by atoms with Gasteiger partial charge in [0.05, 0.1) is 10.2 Å². The van der Waals surface area contributed by atoms with Crippen molar-refractivity contribution in [2.45, 2.75) is 27.2 Å². The summed E-state index contributed by atoms with van der Waals surface area (Å²) in [5, 5.41) is 13.7. The molecule has 1 atom stereocenters. The molecule has 5 heteroatoms. The fourth-order valence-corrected chi connectivity index (χ4v) is 4.32. The second-order valence-electron chi connectivity index (χ2n) is 7.38. The fourth-order valence-electron chi connectivity index (χ4n) is 3.30. The third-order valence-electron chi connectivity index (χ3n) is 4.77. The number of aromatic nitrogens is 2. The van der Waals surface area contributed by atoms with Gasteiger partial charge in [-0.05, 0) is 31.7 Å². The number of nitrogens with one attached hydrogen (secondary N) is 2. The summed E-state index contributed by atoms with van der Waals surface area (Å²) in [6.45, 7) is 10.6. The number of fused-ring (bicyclic) bond motifs is 1. The number of thiophene rings is 1. The molecule has 2 N–H and O–H groups in total. The van der Waals surface area contributed by atoms with Crippen molar-refractivity contribution in [1.29, 1.82) is 5.41 Å². The van der Waals surface area contributed by atoms with Crippen LogP contribution in [0.3, 0.4) is 0 Å². The first-order chi connectivity index (χ1) is 14.5. The van der Waals surface area contributed by atoms with Gasteiger partial charge in [-0.25, -0.2) is 9.97 Å². The van der Waals surface area contributed by atoms with Crippen LogP contribution in [0.4, 0.5) is 5.82 Å². The van der Waals surface area contributed by atoms with Gasteiger partial charge in [-0.15, -0.1) is 11.3 Å². The molecule has 3 rings (SSSR count). The molecule has 0 radical (unpaired) electrons. The van der Waals surface area contributed by atoms with E-state index in [1.54, 1.807) is 24.3 Å². The molecule has 0 amide bonds. The average molecular weight is 417 g/mol. The third-order valence-corrected chi connectivity index (χ3v) is 5.74. The number of hydrogen-bond donors (Lipinski definition) is 2. The van der Waals surface area contributed by atoms with Gasteiger partial charge in [0.2, 0.25) is 0 Å². The van der Waals surface area contributed by atoms with Gasteiger partial charge >= 0.3 is 0 Å². The highest BCUT2D eigenvalue weighted by atomic mass is 32.1. The molecule has 0 bridgehead atoms. The Morgan fingerprint density at radius 3 is 2.70 bits per heavy atom. The van der Waals surface area contributed by atoms with E-state index in [1.807, 2.05) is 36.6 Å². The van der Waals surface area contributed by atoms with Crippen molar-refractivity contribution in [3.05, 3.63) is 83.5 Å². The quantitative estimate of drug-likeness (QED) is 0.308. The molecule has 0 aliphatic heterocycles. The van der Waals surface area contributed by atoms with Gasteiger partial charge in [-0.3, -0.25) is 0 Å². The zero-order chi connectivity index (χ0) is 21.5. The molecule has 1 aromatic carbocycles. The van der Waals surface area contributed by atoms with Crippen LogP contribution >= 0.6 is 11.3 Å². The number of rotatable bonds is 9. The van der Waals surface area contributed by atoms with Crippen molar-refractivity contribution < 1.29 is 0 Å². The third kappa shape index (κ3) is 5.10. The minimum Gasteiger partial charge on any atom is -0.368 e. The maximum absolute atomic E-state index is 8.12. The Bertz CT molecular complexity index is 1090. The van der Waals surface area contributed by atoms with Crippen LogP contribution in [0.1, 0.15) is 37.7 Å². The normalized spacial score (nSPS) is 13.0. The van der Waals surface area contributed by atoms with E-state index in [1.165, 1.54) is 5.56 Å². The predicted octanol–water partition coefficient (Wildman–Crippen LogP) is 6.52. The van der Waals surface area contributed by atoms with Crippen LogP contribution in [-0.4, -0.2) is 22.2 Å². The van der Waals surface area contributed by atoms with Gasteiger partial charge < -0.3 is 10.7 Å². The summed E-state index contributed by atoms with van der Waals surface area (Å²) >= 11 is 1.59. The zero-order valence-corrected chi connectivity index (χ0v) is 18.6. The van der Waals surface area contributed by atoms with Gasteiger partial charge in [0.25, 0.3) is 0 Å². The Kier molecular flexibility index (Phi) is 7.31. The van der Waals surface area contributed by atoms with E-state index in [0.29, 0.717) is 17.5 Å².